The molecule has 0 aliphatic carbocycles. The van der Waals surface area contributed by atoms with Gasteiger partial charge in [0, 0.05) is 19.3 Å². The van der Waals surface area contributed by atoms with E-state index in [0.717, 1.165) is 24.5 Å². The summed E-state index contributed by atoms with van der Waals surface area (Å²) in [5.41, 5.74) is 6.75. The Kier molecular flexibility index (Phi) is 5.74. The topological polar surface area (TPSA) is 77.7 Å². The van der Waals surface area contributed by atoms with Crippen LogP contribution in [0, 0.1) is 0 Å². The van der Waals surface area contributed by atoms with E-state index < -0.39 is 6.04 Å². The first-order valence-corrected chi connectivity index (χ1v) is 7.77. The number of aromatic nitrogens is 1. The molecule has 1 saturated heterocycles. The molecule has 122 valence electrons. The maximum atomic E-state index is 11.5. The van der Waals surface area contributed by atoms with Crippen molar-refractivity contribution in [2.24, 2.45) is 5.73 Å². The minimum atomic E-state index is -0.643. The first-order valence-electron chi connectivity index (χ1n) is 7.77. The van der Waals surface area contributed by atoms with Gasteiger partial charge in [0.1, 0.15) is 11.9 Å². The van der Waals surface area contributed by atoms with Gasteiger partial charge in [0.15, 0.2) is 0 Å². The van der Waals surface area contributed by atoms with Gasteiger partial charge in [0.25, 0.3) is 0 Å². The molecule has 2 rings (SSSR count). The van der Waals surface area contributed by atoms with Gasteiger partial charge in [-0.15, -0.1) is 0 Å². The van der Waals surface area contributed by atoms with Gasteiger partial charge in [-0.1, -0.05) is 6.07 Å². The summed E-state index contributed by atoms with van der Waals surface area (Å²) in [6, 6.07) is 3.29. The molecule has 1 aromatic heterocycles. The van der Waals surface area contributed by atoms with Gasteiger partial charge < -0.3 is 20.1 Å². The summed E-state index contributed by atoms with van der Waals surface area (Å²) < 4.78 is 10.6. The first-order chi connectivity index (χ1) is 10.5. The molecule has 22 heavy (non-hydrogen) atoms. The molecule has 0 radical (unpaired) electrons. The van der Waals surface area contributed by atoms with Gasteiger partial charge >= 0.3 is 5.97 Å². The number of esters is 1. The maximum Gasteiger partial charge on any atom is 0.323 e. The van der Waals surface area contributed by atoms with Crippen LogP contribution in [0.25, 0.3) is 0 Å². The maximum absolute atomic E-state index is 11.5. The zero-order valence-electron chi connectivity index (χ0n) is 13.5. The fourth-order valence-electron chi connectivity index (χ4n) is 2.68. The Morgan fingerprint density at radius 3 is 2.68 bits per heavy atom. The van der Waals surface area contributed by atoms with E-state index in [0.29, 0.717) is 13.0 Å². The van der Waals surface area contributed by atoms with Crippen molar-refractivity contribution in [2.75, 3.05) is 24.6 Å². The predicted octanol–water partition coefficient (Wildman–Crippen LogP) is 1.13. The van der Waals surface area contributed by atoms with Crippen LogP contribution in [0.4, 0.5) is 5.82 Å². The van der Waals surface area contributed by atoms with Gasteiger partial charge in [-0.05, 0) is 38.8 Å². The van der Waals surface area contributed by atoms with Crippen LogP contribution < -0.4 is 10.6 Å². The van der Waals surface area contributed by atoms with Crippen LogP contribution >= 0.6 is 0 Å². The average molecular weight is 307 g/mol. The Labute approximate surface area is 131 Å². The van der Waals surface area contributed by atoms with E-state index in [1.165, 1.54) is 0 Å². The molecule has 0 spiro atoms. The van der Waals surface area contributed by atoms with Crippen molar-refractivity contribution in [3.63, 3.8) is 0 Å². The number of morpholine rings is 1. The van der Waals surface area contributed by atoms with Crippen LogP contribution in [0.1, 0.15) is 26.3 Å². The Morgan fingerprint density at radius 2 is 2.14 bits per heavy atom. The van der Waals surface area contributed by atoms with Crippen LogP contribution in [0.15, 0.2) is 18.3 Å². The monoisotopic (exact) mass is 307 g/mol. The summed E-state index contributed by atoms with van der Waals surface area (Å²) >= 11 is 0. The summed E-state index contributed by atoms with van der Waals surface area (Å²) in [5, 5.41) is 0. The van der Waals surface area contributed by atoms with Gasteiger partial charge in [0.2, 0.25) is 0 Å². The number of carbonyl (C=O) groups excluding carboxylic acids is 1. The third-order valence-electron chi connectivity index (χ3n) is 3.60. The number of pyridine rings is 1. The molecular formula is C16H25N3O3. The standard InChI is InChI=1S/C16H25N3O3/c1-4-21-16(20)14(17)7-13-5-6-15(18-8-13)19-9-11(2)22-12(3)10-19/h5-6,8,11-12,14H,4,7,9-10,17H2,1-3H3. The molecule has 0 aromatic carbocycles. The van der Waals surface area contributed by atoms with Gasteiger partial charge in [-0.2, -0.15) is 0 Å². The summed E-state index contributed by atoms with van der Waals surface area (Å²) in [6.07, 6.45) is 2.60. The molecule has 6 nitrogen and oxygen atoms in total. The molecular weight excluding hydrogens is 282 g/mol. The Balaban J connectivity index is 1.96. The number of carbonyl (C=O) groups is 1. The Morgan fingerprint density at radius 1 is 1.45 bits per heavy atom. The largest absolute Gasteiger partial charge is 0.465 e. The summed E-state index contributed by atoms with van der Waals surface area (Å²) in [4.78, 5) is 18.3. The fourth-order valence-corrected chi connectivity index (χ4v) is 2.68. The summed E-state index contributed by atoms with van der Waals surface area (Å²) in [6.45, 7) is 7.91. The van der Waals surface area contributed by atoms with Gasteiger partial charge in [0.05, 0.1) is 18.8 Å². The number of hydrogen-bond acceptors (Lipinski definition) is 6. The summed E-state index contributed by atoms with van der Waals surface area (Å²) in [5.74, 6) is 0.554. The second kappa shape index (κ2) is 7.56. The number of hydrogen-bond donors (Lipinski definition) is 1. The molecule has 3 unspecified atom stereocenters. The van der Waals surface area contributed by atoms with Crippen molar-refractivity contribution in [3.05, 3.63) is 23.9 Å². The number of ether oxygens (including phenoxy) is 2. The third-order valence-corrected chi connectivity index (χ3v) is 3.60. The molecule has 6 heteroatoms. The van der Waals surface area contributed by atoms with Crippen LogP contribution in [-0.4, -0.2) is 48.9 Å². The molecule has 0 saturated carbocycles. The van der Waals surface area contributed by atoms with E-state index in [1.54, 1.807) is 13.1 Å². The van der Waals surface area contributed by atoms with Gasteiger partial charge in [-0.25, -0.2) is 4.98 Å². The fraction of sp³-hybridized carbons (Fsp3) is 0.625. The highest BCUT2D eigenvalue weighted by Gasteiger charge is 2.23. The van der Waals surface area contributed by atoms with E-state index in [1.807, 2.05) is 12.1 Å². The molecule has 0 amide bonds. The minimum Gasteiger partial charge on any atom is -0.465 e. The third kappa shape index (κ3) is 4.42. The minimum absolute atomic E-state index is 0.197. The van der Waals surface area contributed by atoms with E-state index >= 15 is 0 Å². The average Bonchev–Trinajstić information content (AvgIpc) is 2.47. The van der Waals surface area contributed by atoms with E-state index in [2.05, 4.69) is 23.7 Å². The molecule has 1 fully saturated rings. The molecule has 2 N–H and O–H groups in total. The van der Waals surface area contributed by atoms with E-state index in [9.17, 15) is 4.79 Å². The molecule has 1 aliphatic heterocycles. The second-order valence-electron chi connectivity index (χ2n) is 5.75. The molecule has 0 bridgehead atoms. The van der Waals surface area contributed by atoms with Crippen molar-refractivity contribution in [1.29, 1.82) is 0 Å². The Bertz CT molecular complexity index is 482. The van der Waals surface area contributed by atoms with Crippen molar-refractivity contribution in [1.82, 2.24) is 4.98 Å². The SMILES string of the molecule is CCOC(=O)C(N)Cc1ccc(N2CC(C)OC(C)C2)nc1. The summed E-state index contributed by atoms with van der Waals surface area (Å²) in [7, 11) is 0. The van der Waals surface area contributed by atoms with Crippen LogP contribution in [0.3, 0.4) is 0 Å². The van der Waals surface area contributed by atoms with Gasteiger partial charge in [-0.3, -0.25) is 4.79 Å². The van der Waals surface area contributed by atoms with Crippen molar-refractivity contribution < 1.29 is 14.3 Å². The lowest BCUT2D eigenvalue weighted by atomic mass is 10.1. The quantitative estimate of drug-likeness (QED) is 0.822. The van der Waals surface area contributed by atoms with Crippen LogP contribution in [-0.2, 0) is 20.7 Å². The molecule has 1 aromatic rings. The normalized spacial score (nSPS) is 23.2. The number of anilines is 1. The van der Waals surface area contributed by atoms with Crippen molar-refractivity contribution in [3.8, 4) is 0 Å². The highest BCUT2D eigenvalue weighted by Crippen LogP contribution is 2.18. The van der Waals surface area contributed by atoms with Crippen LogP contribution in [0.5, 0.6) is 0 Å². The zero-order chi connectivity index (χ0) is 16.1. The highest BCUT2D eigenvalue weighted by atomic mass is 16.5. The first kappa shape index (κ1) is 16.7. The lowest BCUT2D eigenvalue weighted by Crippen LogP contribution is -2.45. The molecule has 1 aliphatic rings. The predicted molar refractivity (Wildman–Crippen MR) is 84.8 cm³/mol. The van der Waals surface area contributed by atoms with Crippen molar-refractivity contribution in [2.45, 2.75) is 45.4 Å². The smallest absolute Gasteiger partial charge is 0.323 e. The lowest BCUT2D eigenvalue weighted by molar-refractivity contribution is -0.144. The van der Waals surface area contributed by atoms with Crippen molar-refractivity contribution >= 4 is 11.8 Å². The highest BCUT2D eigenvalue weighted by molar-refractivity contribution is 5.75. The number of nitrogens with two attached hydrogens (primary N) is 1. The second-order valence-corrected chi connectivity index (χ2v) is 5.75. The van der Waals surface area contributed by atoms with E-state index in [4.69, 9.17) is 15.2 Å². The Hall–Kier alpha value is -1.66. The molecule has 3 atom stereocenters. The number of rotatable bonds is 5. The molecule has 2 heterocycles. The van der Waals surface area contributed by atoms with E-state index in [-0.39, 0.29) is 18.2 Å². The number of nitrogens with zero attached hydrogens (tertiary/aromatic N) is 2. The lowest BCUT2D eigenvalue weighted by Gasteiger charge is -2.36. The van der Waals surface area contributed by atoms with Crippen LogP contribution in [0.2, 0.25) is 0 Å². The zero-order valence-corrected chi connectivity index (χ0v) is 13.5.